The van der Waals surface area contributed by atoms with E-state index in [4.69, 9.17) is 6.11 Å². The molecule has 0 saturated carbocycles. The van der Waals surface area contributed by atoms with Crippen LogP contribution in [0.3, 0.4) is 0 Å². The molecule has 1 aliphatic heterocycles. The van der Waals surface area contributed by atoms with E-state index < -0.39 is 0 Å². The van der Waals surface area contributed by atoms with Crippen molar-refractivity contribution in [2.45, 2.75) is 0 Å². The highest BCUT2D eigenvalue weighted by Gasteiger charge is 2.12. The van der Waals surface area contributed by atoms with E-state index in [1.807, 2.05) is 12.1 Å². The number of anilines is 1. The highest BCUT2D eigenvalue weighted by atomic mass is 16.5. The Balaban J connectivity index is 2.01. The summed E-state index contributed by atoms with van der Waals surface area (Å²) in [5.74, 6) is 0.867. The van der Waals surface area contributed by atoms with E-state index in [1.54, 1.807) is 12.3 Å². The number of ether oxygens (including phenoxy) is 1. The molecule has 0 N–H and O–H groups in total. The van der Waals surface area contributed by atoms with E-state index in [2.05, 4.69) is 14.9 Å². The van der Waals surface area contributed by atoms with Gasteiger partial charge in [0.05, 0.1) is 31.8 Å². The van der Waals surface area contributed by atoms with E-state index in [-0.39, 0.29) is 0 Å². The predicted molar refractivity (Wildman–Crippen MR) is 62.6 cm³/mol. The van der Waals surface area contributed by atoms with Gasteiger partial charge in [0.25, 0.3) is 0 Å². The van der Waals surface area contributed by atoms with Crippen LogP contribution >= 0.6 is 0 Å². The summed E-state index contributed by atoms with van der Waals surface area (Å²) in [6.45, 7) is 3.16. The number of benzene rings is 1. The van der Waals surface area contributed by atoms with Crippen LogP contribution in [0.4, 0.5) is 5.82 Å². The molecule has 16 heavy (non-hydrogen) atoms. The summed E-state index contributed by atoms with van der Waals surface area (Å²) in [6, 6.07) is 5.88. The summed E-state index contributed by atoms with van der Waals surface area (Å²) < 4.78 is 13.1. The van der Waals surface area contributed by atoms with Gasteiger partial charge in [0.15, 0.2) is 0 Å². The lowest BCUT2D eigenvalue weighted by Gasteiger charge is -2.27. The SMILES string of the molecule is [2H]c1cccc2nc(N3CCOCC3)cnc12. The third-order valence-corrected chi connectivity index (χ3v) is 2.69. The molecule has 3 rings (SSSR count). The summed E-state index contributed by atoms with van der Waals surface area (Å²) in [4.78, 5) is 11.0. The zero-order chi connectivity index (χ0) is 11.7. The van der Waals surface area contributed by atoms with E-state index in [0.29, 0.717) is 11.6 Å². The fraction of sp³-hybridized carbons (Fsp3) is 0.333. The van der Waals surface area contributed by atoms with Gasteiger partial charge in [0.1, 0.15) is 5.82 Å². The lowest BCUT2D eigenvalue weighted by Crippen LogP contribution is -2.36. The average Bonchev–Trinajstić information content (AvgIpc) is 2.40. The van der Waals surface area contributed by atoms with Crippen molar-refractivity contribution in [2.75, 3.05) is 31.2 Å². The third kappa shape index (κ3) is 1.72. The van der Waals surface area contributed by atoms with E-state index in [9.17, 15) is 0 Å². The number of fused-ring (bicyclic) bond motifs is 1. The van der Waals surface area contributed by atoms with Crippen molar-refractivity contribution < 1.29 is 6.11 Å². The average molecular weight is 216 g/mol. The highest BCUT2D eigenvalue weighted by Crippen LogP contribution is 2.15. The molecule has 2 aromatic rings. The van der Waals surface area contributed by atoms with E-state index in [0.717, 1.165) is 37.6 Å². The van der Waals surface area contributed by atoms with Crippen LogP contribution in [0.5, 0.6) is 0 Å². The summed E-state index contributed by atoms with van der Waals surface area (Å²) in [7, 11) is 0. The summed E-state index contributed by atoms with van der Waals surface area (Å²) in [5.41, 5.74) is 1.44. The Labute approximate surface area is 95.3 Å². The minimum atomic E-state index is 0.420. The van der Waals surface area contributed by atoms with Crippen LogP contribution in [0.1, 0.15) is 1.37 Å². The topological polar surface area (TPSA) is 38.2 Å². The van der Waals surface area contributed by atoms with E-state index in [1.165, 1.54) is 0 Å². The Morgan fingerprint density at radius 3 is 3.00 bits per heavy atom. The number of nitrogens with zero attached hydrogens (tertiary/aromatic N) is 3. The summed E-state index contributed by atoms with van der Waals surface area (Å²) in [5, 5.41) is 0. The molecule has 1 aliphatic rings. The zero-order valence-corrected chi connectivity index (χ0v) is 8.89. The molecule has 0 aliphatic carbocycles. The third-order valence-electron chi connectivity index (χ3n) is 2.69. The first-order chi connectivity index (χ1) is 8.34. The second-order valence-electron chi connectivity index (χ2n) is 3.73. The lowest BCUT2D eigenvalue weighted by atomic mass is 10.3. The molecule has 0 atom stereocenters. The number of aromatic nitrogens is 2. The van der Waals surface area contributed by atoms with Crippen LogP contribution in [-0.2, 0) is 4.74 Å². The Morgan fingerprint density at radius 1 is 1.25 bits per heavy atom. The smallest absolute Gasteiger partial charge is 0.148 e. The van der Waals surface area contributed by atoms with Crippen molar-refractivity contribution in [3.8, 4) is 0 Å². The number of para-hydroxylation sites is 2. The molecule has 0 bridgehead atoms. The van der Waals surface area contributed by atoms with Gasteiger partial charge in [-0.15, -0.1) is 0 Å². The molecule has 1 saturated heterocycles. The molecule has 1 aromatic heterocycles. The van der Waals surface area contributed by atoms with Crippen molar-refractivity contribution in [2.24, 2.45) is 0 Å². The van der Waals surface area contributed by atoms with Crippen LogP contribution in [0.15, 0.2) is 30.4 Å². The molecule has 4 nitrogen and oxygen atoms in total. The van der Waals surface area contributed by atoms with Crippen LogP contribution in [-0.4, -0.2) is 36.3 Å². The van der Waals surface area contributed by atoms with Crippen LogP contribution in [0.2, 0.25) is 0 Å². The highest BCUT2D eigenvalue weighted by molar-refractivity contribution is 5.75. The molecule has 0 spiro atoms. The molecule has 82 valence electrons. The molecule has 0 radical (unpaired) electrons. The Bertz CT molecular complexity index is 540. The van der Waals surface area contributed by atoms with E-state index >= 15 is 0 Å². The Hall–Kier alpha value is -1.68. The largest absolute Gasteiger partial charge is 0.378 e. The van der Waals surface area contributed by atoms with Gasteiger partial charge in [-0.3, -0.25) is 4.98 Å². The maximum Gasteiger partial charge on any atom is 0.148 e. The number of rotatable bonds is 1. The number of hydrogen-bond acceptors (Lipinski definition) is 4. The van der Waals surface area contributed by atoms with Crippen molar-refractivity contribution in [1.29, 1.82) is 0 Å². The number of hydrogen-bond donors (Lipinski definition) is 0. The fourth-order valence-electron chi connectivity index (χ4n) is 1.83. The monoisotopic (exact) mass is 216 g/mol. The first-order valence-corrected chi connectivity index (χ1v) is 5.40. The van der Waals surface area contributed by atoms with Crippen molar-refractivity contribution in [1.82, 2.24) is 9.97 Å². The number of morpholine rings is 1. The first kappa shape index (κ1) is 8.47. The minimum absolute atomic E-state index is 0.420. The summed E-state index contributed by atoms with van der Waals surface area (Å²) >= 11 is 0. The molecule has 1 aromatic carbocycles. The lowest BCUT2D eigenvalue weighted by molar-refractivity contribution is 0.122. The van der Waals surface area contributed by atoms with Crippen molar-refractivity contribution in [3.63, 3.8) is 0 Å². The predicted octanol–water partition coefficient (Wildman–Crippen LogP) is 1.47. The molecule has 0 unspecified atom stereocenters. The molecular formula is C12H13N3O. The van der Waals surface area contributed by atoms with Gasteiger partial charge in [-0.05, 0) is 12.1 Å². The fourth-order valence-corrected chi connectivity index (χ4v) is 1.83. The zero-order valence-electron chi connectivity index (χ0n) is 9.89. The van der Waals surface area contributed by atoms with Crippen LogP contribution < -0.4 is 4.90 Å². The second-order valence-corrected chi connectivity index (χ2v) is 3.73. The summed E-state index contributed by atoms with van der Waals surface area (Å²) in [6.07, 6.45) is 1.74. The van der Waals surface area contributed by atoms with Gasteiger partial charge in [0, 0.05) is 13.1 Å². The quantitative estimate of drug-likeness (QED) is 0.723. The standard InChI is InChI=1S/C12H13N3O/c1-2-4-11-10(3-1)13-9-12(14-11)15-5-7-16-8-6-15/h1-4,9H,5-8H2/i3D. The molecule has 0 amide bonds. The van der Waals surface area contributed by atoms with Crippen LogP contribution in [0.25, 0.3) is 11.0 Å². The molecular weight excluding hydrogens is 202 g/mol. The first-order valence-electron chi connectivity index (χ1n) is 5.90. The van der Waals surface area contributed by atoms with Gasteiger partial charge >= 0.3 is 0 Å². The van der Waals surface area contributed by atoms with Crippen molar-refractivity contribution >= 4 is 16.9 Å². The Kier molecular flexibility index (Phi) is 2.15. The maximum atomic E-state index is 7.74. The Morgan fingerprint density at radius 2 is 2.12 bits per heavy atom. The van der Waals surface area contributed by atoms with Gasteiger partial charge in [-0.2, -0.15) is 0 Å². The molecule has 2 heterocycles. The normalized spacial score (nSPS) is 17.5. The minimum Gasteiger partial charge on any atom is -0.378 e. The van der Waals surface area contributed by atoms with Gasteiger partial charge < -0.3 is 9.64 Å². The molecule has 1 fully saturated rings. The molecule has 4 heteroatoms. The second kappa shape index (κ2) is 4.06. The van der Waals surface area contributed by atoms with Gasteiger partial charge in [-0.1, -0.05) is 12.1 Å². The maximum absolute atomic E-state index is 7.74. The van der Waals surface area contributed by atoms with Crippen molar-refractivity contribution in [3.05, 3.63) is 30.4 Å². The van der Waals surface area contributed by atoms with Crippen LogP contribution in [0, 0.1) is 0 Å². The van der Waals surface area contributed by atoms with Gasteiger partial charge in [0.2, 0.25) is 0 Å². The van der Waals surface area contributed by atoms with Gasteiger partial charge in [-0.25, -0.2) is 4.98 Å².